The molecule has 0 aromatic carbocycles. The van der Waals surface area contributed by atoms with Crippen LogP contribution in [0.5, 0.6) is 5.75 Å². The zero-order valence-electron chi connectivity index (χ0n) is 20.1. The Hall–Kier alpha value is -3.17. The molecule has 10 heteroatoms. The number of hydrogen-bond acceptors (Lipinski definition) is 8. The first-order valence-corrected chi connectivity index (χ1v) is 11.1. The molecular weight excluding hydrogens is 428 g/mol. The van der Waals surface area contributed by atoms with Gasteiger partial charge in [-0.15, -0.1) is 0 Å². The van der Waals surface area contributed by atoms with Crippen LogP contribution in [0.4, 0.5) is 10.5 Å². The first-order chi connectivity index (χ1) is 15.3. The molecule has 0 spiro atoms. The van der Waals surface area contributed by atoms with Gasteiger partial charge in [0.25, 0.3) is 5.70 Å². The molecule has 0 radical (unpaired) electrons. The summed E-state index contributed by atoms with van der Waals surface area (Å²) < 4.78 is 11.1. The number of pyridine rings is 1. The second-order valence-corrected chi connectivity index (χ2v) is 10.4. The predicted molar refractivity (Wildman–Crippen MR) is 123 cm³/mol. The molecule has 3 rings (SSSR count). The first-order valence-electron chi connectivity index (χ1n) is 11.1. The Bertz CT molecular complexity index is 990. The molecule has 0 bridgehead atoms. The van der Waals surface area contributed by atoms with Gasteiger partial charge in [-0.25, -0.2) is 4.79 Å². The van der Waals surface area contributed by atoms with Crippen molar-refractivity contribution in [3.63, 3.8) is 0 Å². The fraction of sp³-hybridized carbons (Fsp3) is 0.609. The summed E-state index contributed by atoms with van der Waals surface area (Å²) >= 11 is 0. The number of hydrogen-bond donors (Lipinski definition) is 1. The Morgan fingerprint density at radius 1 is 1.24 bits per heavy atom. The summed E-state index contributed by atoms with van der Waals surface area (Å²) in [5, 5.41) is 14.6. The predicted octanol–water partition coefficient (Wildman–Crippen LogP) is 3.70. The lowest BCUT2D eigenvalue weighted by molar-refractivity contribution is -0.375. The monoisotopic (exact) mass is 460 g/mol. The maximum atomic E-state index is 12.6. The number of piperidine rings is 1. The molecule has 0 saturated carbocycles. The standard InChI is InChI=1S/C23H32N4O6/c1-22(2,3)20(28)32-17-12-24-15-9-10-16(27(30)31)18(15)19(17)26-11-7-8-14(13-26)25-21(29)33-23(4,5)6/h10,12,14H,7-9,11,13H2,1-6H3,(H,25,29)/t14-/m1/s1. The van der Waals surface area contributed by atoms with Crippen LogP contribution in [0.1, 0.15) is 65.6 Å². The minimum atomic E-state index is -0.763. The molecule has 1 N–H and O–H groups in total. The van der Waals surface area contributed by atoms with Crippen molar-refractivity contribution in [1.82, 2.24) is 10.3 Å². The van der Waals surface area contributed by atoms with Crippen molar-refractivity contribution in [2.75, 3.05) is 18.0 Å². The average molecular weight is 461 g/mol. The van der Waals surface area contributed by atoms with Crippen LogP contribution in [-0.4, -0.2) is 46.7 Å². The van der Waals surface area contributed by atoms with E-state index in [-0.39, 0.29) is 17.5 Å². The van der Waals surface area contributed by atoms with E-state index >= 15 is 0 Å². The van der Waals surface area contributed by atoms with Gasteiger partial charge in [-0.05, 0) is 54.4 Å². The second kappa shape index (κ2) is 8.99. The number of anilines is 1. The summed E-state index contributed by atoms with van der Waals surface area (Å²) in [6.45, 7) is 11.6. The fourth-order valence-corrected chi connectivity index (χ4v) is 3.82. The van der Waals surface area contributed by atoms with Gasteiger partial charge >= 0.3 is 12.1 Å². The zero-order chi connectivity index (χ0) is 24.6. The van der Waals surface area contributed by atoms with Crippen molar-refractivity contribution in [3.05, 3.63) is 33.6 Å². The lowest BCUT2D eigenvalue weighted by atomic mass is 9.97. The van der Waals surface area contributed by atoms with E-state index < -0.39 is 28.0 Å². The Labute approximate surface area is 193 Å². The third-order valence-corrected chi connectivity index (χ3v) is 5.31. The number of fused-ring (bicyclic) bond motifs is 1. The third kappa shape index (κ3) is 5.80. The summed E-state index contributed by atoms with van der Waals surface area (Å²) in [5.41, 5.74) is -0.0334. The molecule has 2 heterocycles. The fourth-order valence-electron chi connectivity index (χ4n) is 3.82. The molecule has 2 aliphatic rings. The topological polar surface area (TPSA) is 124 Å². The summed E-state index contributed by atoms with van der Waals surface area (Å²) in [4.78, 5) is 42.5. The largest absolute Gasteiger partial charge is 0.444 e. The number of nitrogens with one attached hydrogen (secondary N) is 1. The summed E-state index contributed by atoms with van der Waals surface area (Å²) in [6.07, 6.45) is 4.27. The molecule has 180 valence electrons. The Morgan fingerprint density at radius 3 is 2.55 bits per heavy atom. The van der Waals surface area contributed by atoms with E-state index in [9.17, 15) is 19.7 Å². The number of esters is 1. The minimum absolute atomic E-state index is 0.0524. The molecule has 1 aromatic rings. The van der Waals surface area contributed by atoms with Crippen LogP contribution >= 0.6 is 0 Å². The van der Waals surface area contributed by atoms with Crippen molar-refractivity contribution < 1.29 is 24.0 Å². The van der Waals surface area contributed by atoms with Crippen molar-refractivity contribution in [1.29, 1.82) is 0 Å². The van der Waals surface area contributed by atoms with Crippen LogP contribution in [0.25, 0.3) is 5.70 Å². The minimum Gasteiger partial charge on any atom is -0.444 e. The Morgan fingerprint density at radius 2 is 1.94 bits per heavy atom. The van der Waals surface area contributed by atoms with Gasteiger partial charge in [-0.2, -0.15) is 0 Å². The van der Waals surface area contributed by atoms with Crippen LogP contribution in [0.3, 0.4) is 0 Å². The number of ether oxygens (including phenoxy) is 2. The maximum Gasteiger partial charge on any atom is 0.407 e. The van der Waals surface area contributed by atoms with E-state index in [4.69, 9.17) is 9.47 Å². The van der Waals surface area contributed by atoms with Crippen LogP contribution < -0.4 is 15.0 Å². The molecule has 33 heavy (non-hydrogen) atoms. The smallest absolute Gasteiger partial charge is 0.407 e. The number of carbonyl (C=O) groups is 2. The quantitative estimate of drug-likeness (QED) is 0.410. The molecule has 1 aliphatic carbocycles. The summed E-state index contributed by atoms with van der Waals surface area (Å²) in [5.74, 6) is -0.281. The highest BCUT2D eigenvalue weighted by atomic mass is 16.6. The molecule has 1 atom stereocenters. The molecular formula is C23H32N4O6. The number of nitro groups is 1. The van der Waals surface area contributed by atoms with Crippen molar-refractivity contribution >= 4 is 23.4 Å². The highest BCUT2D eigenvalue weighted by molar-refractivity contribution is 5.85. The number of amides is 1. The van der Waals surface area contributed by atoms with Gasteiger partial charge in [-0.1, -0.05) is 0 Å². The molecule has 1 amide bonds. The summed E-state index contributed by atoms with van der Waals surface area (Å²) in [6, 6.07) is -0.229. The number of rotatable bonds is 4. The number of carbonyl (C=O) groups excluding carboxylic acids is 2. The van der Waals surface area contributed by atoms with Gasteiger partial charge in [0.2, 0.25) is 0 Å². The number of allylic oxidation sites excluding steroid dienone is 1. The normalized spacial score (nSPS) is 18.3. The van der Waals surface area contributed by atoms with Crippen LogP contribution in [0.2, 0.25) is 0 Å². The van der Waals surface area contributed by atoms with Gasteiger partial charge in [0.1, 0.15) is 11.2 Å². The van der Waals surface area contributed by atoms with Gasteiger partial charge < -0.3 is 19.7 Å². The van der Waals surface area contributed by atoms with Crippen molar-refractivity contribution in [3.8, 4) is 5.75 Å². The van der Waals surface area contributed by atoms with Crippen LogP contribution in [-0.2, 0) is 16.0 Å². The van der Waals surface area contributed by atoms with E-state index in [2.05, 4.69) is 10.3 Å². The Kier molecular flexibility index (Phi) is 6.67. The third-order valence-electron chi connectivity index (χ3n) is 5.31. The van der Waals surface area contributed by atoms with E-state index in [1.807, 2.05) is 4.90 Å². The van der Waals surface area contributed by atoms with E-state index in [1.165, 1.54) is 12.3 Å². The van der Waals surface area contributed by atoms with Crippen LogP contribution in [0.15, 0.2) is 12.3 Å². The van der Waals surface area contributed by atoms with Gasteiger partial charge in [-0.3, -0.25) is 19.9 Å². The number of alkyl carbamates (subject to hydrolysis) is 1. The van der Waals surface area contributed by atoms with Gasteiger partial charge in [0.05, 0.1) is 27.9 Å². The molecule has 0 unspecified atom stereocenters. The molecule has 1 fully saturated rings. The molecule has 1 aromatic heterocycles. The number of aromatic nitrogens is 1. The SMILES string of the molecule is CC(C)(C)OC(=O)N[C@@H]1CCCN(c2c(OC(=O)C(C)(C)C)cnc3c2C([N+](=O)[O-])=CC3)C1. The zero-order valence-corrected chi connectivity index (χ0v) is 20.1. The van der Waals surface area contributed by atoms with Crippen molar-refractivity contribution in [2.24, 2.45) is 5.41 Å². The first kappa shape index (κ1) is 24.5. The van der Waals surface area contributed by atoms with Gasteiger partial charge in [0, 0.05) is 31.6 Å². The molecule has 1 saturated heterocycles. The molecule has 1 aliphatic heterocycles. The molecule has 10 nitrogen and oxygen atoms in total. The lowest BCUT2D eigenvalue weighted by Gasteiger charge is -2.36. The van der Waals surface area contributed by atoms with Crippen LogP contribution in [0, 0.1) is 15.5 Å². The van der Waals surface area contributed by atoms with E-state index in [0.717, 1.165) is 12.8 Å². The van der Waals surface area contributed by atoms with Gasteiger partial charge in [0.15, 0.2) is 5.75 Å². The Balaban J connectivity index is 1.95. The van der Waals surface area contributed by atoms with Crippen molar-refractivity contribution in [2.45, 2.75) is 72.4 Å². The average Bonchev–Trinajstić information content (AvgIpc) is 3.10. The maximum absolute atomic E-state index is 12.6. The summed E-state index contributed by atoms with van der Waals surface area (Å²) in [7, 11) is 0. The second-order valence-electron chi connectivity index (χ2n) is 10.4. The highest BCUT2D eigenvalue weighted by Crippen LogP contribution is 2.42. The lowest BCUT2D eigenvalue weighted by Crippen LogP contribution is -2.49. The highest BCUT2D eigenvalue weighted by Gasteiger charge is 2.36. The van der Waals surface area contributed by atoms with E-state index in [1.54, 1.807) is 41.5 Å². The number of nitrogens with zero attached hydrogens (tertiary/aromatic N) is 3. The van der Waals surface area contributed by atoms with E-state index in [0.29, 0.717) is 36.5 Å².